The van der Waals surface area contributed by atoms with Crippen molar-refractivity contribution in [1.82, 2.24) is 19.2 Å². The summed E-state index contributed by atoms with van der Waals surface area (Å²) in [4.78, 5) is 33.6. The highest BCUT2D eigenvalue weighted by Gasteiger charge is 2.33. The molecule has 0 aliphatic carbocycles. The van der Waals surface area contributed by atoms with E-state index in [0.717, 1.165) is 37.1 Å². The molecule has 4 heterocycles. The molecule has 0 bridgehead atoms. The van der Waals surface area contributed by atoms with Crippen molar-refractivity contribution in [3.63, 3.8) is 0 Å². The highest BCUT2D eigenvalue weighted by Crippen LogP contribution is 2.17. The van der Waals surface area contributed by atoms with Crippen LogP contribution in [0.25, 0.3) is 5.65 Å². The lowest BCUT2D eigenvalue weighted by atomic mass is 10.1. The number of likely N-dealkylation sites (tertiary alicyclic amines) is 1. The van der Waals surface area contributed by atoms with Crippen LogP contribution in [0.15, 0.2) is 24.5 Å². The van der Waals surface area contributed by atoms with E-state index in [2.05, 4.69) is 4.98 Å². The number of nitrogens with zero attached hydrogens (tertiary/aromatic N) is 4. The molecule has 26 heavy (non-hydrogen) atoms. The maximum Gasteiger partial charge on any atom is 0.274 e. The van der Waals surface area contributed by atoms with Crippen molar-refractivity contribution < 1.29 is 14.3 Å². The Morgan fingerprint density at radius 3 is 2.73 bits per heavy atom. The average molecular weight is 356 g/mol. The largest absolute Gasteiger partial charge is 0.365 e. The molecule has 0 radical (unpaired) electrons. The first-order valence-electron chi connectivity index (χ1n) is 9.27. The fraction of sp³-hybridized carbons (Fsp3) is 0.526. The number of hydrogen-bond acceptors (Lipinski definition) is 4. The molecule has 0 saturated carbocycles. The van der Waals surface area contributed by atoms with Crippen LogP contribution in [-0.2, 0) is 9.53 Å². The maximum absolute atomic E-state index is 12.9. The summed E-state index contributed by atoms with van der Waals surface area (Å²) in [5.41, 5.74) is 2.21. The van der Waals surface area contributed by atoms with Gasteiger partial charge in [0.1, 0.15) is 11.3 Å². The fourth-order valence-electron chi connectivity index (χ4n) is 3.72. The first kappa shape index (κ1) is 17.0. The van der Waals surface area contributed by atoms with Crippen LogP contribution in [0.5, 0.6) is 0 Å². The summed E-state index contributed by atoms with van der Waals surface area (Å²) in [5.74, 6) is -0.138. The van der Waals surface area contributed by atoms with E-state index in [1.807, 2.05) is 34.6 Å². The molecule has 2 aromatic rings. The fourth-order valence-corrected chi connectivity index (χ4v) is 3.72. The number of imidazole rings is 1. The Bertz CT molecular complexity index is 825. The Balaban J connectivity index is 1.48. The number of morpholine rings is 1. The average Bonchev–Trinajstić information content (AvgIpc) is 3.13. The Kier molecular flexibility index (Phi) is 4.63. The molecule has 4 rings (SSSR count). The third kappa shape index (κ3) is 3.19. The summed E-state index contributed by atoms with van der Waals surface area (Å²) < 4.78 is 7.54. The van der Waals surface area contributed by atoms with Gasteiger partial charge in [0.05, 0.1) is 13.2 Å². The van der Waals surface area contributed by atoms with E-state index in [4.69, 9.17) is 4.74 Å². The van der Waals surface area contributed by atoms with Crippen LogP contribution in [0, 0.1) is 6.92 Å². The van der Waals surface area contributed by atoms with Gasteiger partial charge >= 0.3 is 0 Å². The van der Waals surface area contributed by atoms with Gasteiger partial charge in [0, 0.05) is 32.0 Å². The molecular weight excluding hydrogens is 332 g/mol. The van der Waals surface area contributed by atoms with Crippen molar-refractivity contribution in [2.75, 3.05) is 32.8 Å². The molecule has 2 fully saturated rings. The minimum atomic E-state index is -0.565. The standard InChI is InChI=1S/C19H24N4O3/c1-14-6-5-9-22-12-15(20-17(14)22)18(24)23-10-11-26-16(13-23)19(25)21-7-3-2-4-8-21/h5-6,9,12,16H,2-4,7-8,10-11,13H2,1H3/t16-/m1/s1. The molecule has 2 amide bonds. The minimum Gasteiger partial charge on any atom is -0.365 e. The predicted molar refractivity (Wildman–Crippen MR) is 96.0 cm³/mol. The summed E-state index contributed by atoms with van der Waals surface area (Å²) in [6.45, 7) is 4.70. The number of carbonyl (C=O) groups excluding carboxylic acids is 2. The number of amides is 2. The first-order chi connectivity index (χ1) is 12.6. The van der Waals surface area contributed by atoms with Gasteiger partial charge in [-0.1, -0.05) is 6.07 Å². The molecule has 7 heteroatoms. The highest BCUT2D eigenvalue weighted by atomic mass is 16.5. The summed E-state index contributed by atoms with van der Waals surface area (Å²) >= 11 is 0. The van der Waals surface area contributed by atoms with Crippen LogP contribution < -0.4 is 0 Å². The predicted octanol–water partition coefficient (Wildman–Crippen LogP) is 1.50. The summed E-state index contributed by atoms with van der Waals surface area (Å²) in [6.07, 6.45) is 6.33. The van der Waals surface area contributed by atoms with Gasteiger partial charge in [0.15, 0.2) is 6.10 Å². The minimum absolute atomic E-state index is 0.00745. The Morgan fingerprint density at radius 1 is 1.15 bits per heavy atom. The molecule has 138 valence electrons. The molecule has 2 aliphatic rings. The van der Waals surface area contributed by atoms with Crippen LogP contribution in [-0.4, -0.2) is 69.9 Å². The van der Waals surface area contributed by atoms with Crippen LogP contribution in [0.4, 0.5) is 0 Å². The molecule has 2 aliphatic heterocycles. The van der Waals surface area contributed by atoms with Crippen molar-refractivity contribution in [2.24, 2.45) is 0 Å². The molecule has 2 aromatic heterocycles. The second kappa shape index (κ2) is 7.07. The van der Waals surface area contributed by atoms with E-state index in [0.29, 0.717) is 25.4 Å². The molecule has 0 unspecified atom stereocenters. The second-order valence-electron chi connectivity index (χ2n) is 7.04. The van der Waals surface area contributed by atoms with Gasteiger partial charge in [-0.3, -0.25) is 9.59 Å². The normalized spacial score (nSPS) is 21.2. The van der Waals surface area contributed by atoms with Crippen LogP contribution in [0.3, 0.4) is 0 Å². The number of rotatable bonds is 2. The monoisotopic (exact) mass is 356 g/mol. The lowest BCUT2D eigenvalue weighted by molar-refractivity contribution is -0.149. The van der Waals surface area contributed by atoms with Gasteiger partial charge in [-0.05, 0) is 37.8 Å². The summed E-state index contributed by atoms with van der Waals surface area (Å²) in [6, 6.07) is 3.90. The first-order valence-corrected chi connectivity index (χ1v) is 9.27. The van der Waals surface area contributed by atoms with E-state index in [-0.39, 0.29) is 11.8 Å². The SMILES string of the molecule is Cc1cccn2cc(C(=O)N3CCO[C@@H](C(=O)N4CCCCC4)C3)nc12. The molecular formula is C19H24N4O3. The van der Waals surface area contributed by atoms with Crippen molar-refractivity contribution in [3.8, 4) is 0 Å². The maximum atomic E-state index is 12.9. The zero-order chi connectivity index (χ0) is 18.1. The van der Waals surface area contributed by atoms with E-state index in [9.17, 15) is 9.59 Å². The van der Waals surface area contributed by atoms with Gasteiger partial charge in [-0.25, -0.2) is 4.98 Å². The molecule has 0 spiro atoms. The van der Waals surface area contributed by atoms with Crippen molar-refractivity contribution in [2.45, 2.75) is 32.3 Å². The van der Waals surface area contributed by atoms with E-state index in [1.165, 1.54) is 6.42 Å². The van der Waals surface area contributed by atoms with Crippen molar-refractivity contribution in [3.05, 3.63) is 35.8 Å². The third-order valence-electron chi connectivity index (χ3n) is 5.19. The van der Waals surface area contributed by atoms with E-state index >= 15 is 0 Å². The Labute approximate surface area is 152 Å². The lowest BCUT2D eigenvalue weighted by Gasteiger charge is -2.36. The number of hydrogen-bond donors (Lipinski definition) is 0. The topological polar surface area (TPSA) is 67.2 Å². The van der Waals surface area contributed by atoms with Gasteiger partial charge in [-0.2, -0.15) is 0 Å². The zero-order valence-electron chi connectivity index (χ0n) is 15.1. The van der Waals surface area contributed by atoms with Crippen LogP contribution in [0.2, 0.25) is 0 Å². The smallest absolute Gasteiger partial charge is 0.274 e. The lowest BCUT2D eigenvalue weighted by Crippen LogP contribution is -2.53. The number of fused-ring (bicyclic) bond motifs is 1. The van der Waals surface area contributed by atoms with Crippen LogP contribution >= 0.6 is 0 Å². The van der Waals surface area contributed by atoms with Crippen LogP contribution in [0.1, 0.15) is 35.3 Å². The van der Waals surface area contributed by atoms with Gasteiger partial charge in [0.25, 0.3) is 11.8 Å². The van der Waals surface area contributed by atoms with Gasteiger partial charge in [0.2, 0.25) is 0 Å². The number of carbonyl (C=O) groups is 2. The molecule has 1 atom stereocenters. The second-order valence-corrected chi connectivity index (χ2v) is 7.04. The number of pyridine rings is 1. The van der Waals surface area contributed by atoms with E-state index in [1.54, 1.807) is 11.1 Å². The quantitative estimate of drug-likeness (QED) is 0.818. The van der Waals surface area contributed by atoms with Crippen molar-refractivity contribution >= 4 is 17.5 Å². The van der Waals surface area contributed by atoms with E-state index < -0.39 is 6.10 Å². The third-order valence-corrected chi connectivity index (χ3v) is 5.19. The Hall–Kier alpha value is -2.41. The Morgan fingerprint density at radius 2 is 1.96 bits per heavy atom. The molecule has 0 N–H and O–H groups in total. The molecule has 0 aromatic carbocycles. The highest BCUT2D eigenvalue weighted by molar-refractivity contribution is 5.93. The number of ether oxygens (including phenoxy) is 1. The molecule has 2 saturated heterocycles. The molecule has 7 nitrogen and oxygen atoms in total. The summed E-state index contributed by atoms with van der Waals surface area (Å²) in [5, 5.41) is 0. The zero-order valence-corrected chi connectivity index (χ0v) is 15.1. The van der Waals surface area contributed by atoms with Gasteiger partial charge in [-0.15, -0.1) is 0 Å². The van der Waals surface area contributed by atoms with Crippen molar-refractivity contribution in [1.29, 1.82) is 0 Å². The number of aromatic nitrogens is 2. The number of aryl methyl sites for hydroxylation is 1. The summed E-state index contributed by atoms with van der Waals surface area (Å²) in [7, 11) is 0. The van der Waals surface area contributed by atoms with Gasteiger partial charge < -0.3 is 18.9 Å². The number of piperidine rings is 1.